The summed E-state index contributed by atoms with van der Waals surface area (Å²) < 4.78 is 10.7. The molecule has 0 radical (unpaired) electrons. The number of benzene rings is 1. The molecular weight excluding hydrogens is 320 g/mol. The van der Waals surface area contributed by atoms with Gasteiger partial charge in [0.1, 0.15) is 0 Å². The van der Waals surface area contributed by atoms with Crippen molar-refractivity contribution in [2.45, 2.75) is 39.0 Å². The summed E-state index contributed by atoms with van der Waals surface area (Å²) in [4.78, 5) is 24.3. The maximum Gasteiger partial charge on any atom is 0.269 e. The first-order valence-corrected chi connectivity index (χ1v) is 9.00. The van der Waals surface area contributed by atoms with Crippen LogP contribution in [-0.2, 0) is 4.79 Å². The highest BCUT2D eigenvalue weighted by atomic mass is 16.5. The van der Waals surface area contributed by atoms with Gasteiger partial charge in [0.25, 0.3) is 5.91 Å². The number of methoxy groups -OCH3 is 1. The molecule has 2 aliphatic rings. The third kappa shape index (κ3) is 4.06. The van der Waals surface area contributed by atoms with Gasteiger partial charge in [-0.1, -0.05) is 6.42 Å². The molecular formula is C19H26N2O4. The number of ether oxygens (including phenoxy) is 2. The molecule has 1 aromatic rings. The lowest BCUT2D eigenvalue weighted by Gasteiger charge is -2.21. The molecule has 0 saturated heterocycles. The molecule has 0 unspecified atom stereocenters. The van der Waals surface area contributed by atoms with Crippen molar-refractivity contribution >= 4 is 11.8 Å². The SMILES string of the molecule is CCOc1ccc(C(=O)NNC(=O)C[C@H]2C[C@H]3CC[C@@H]2C3)cc1OC. The van der Waals surface area contributed by atoms with Gasteiger partial charge in [-0.05, 0) is 62.1 Å². The van der Waals surface area contributed by atoms with Crippen molar-refractivity contribution in [2.24, 2.45) is 17.8 Å². The van der Waals surface area contributed by atoms with Gasteiger partial charge in [-0.3, -0.25) is 20.4 Å². The number of nitrogens with one attached hydrogen (secondary N) is 2. The Balaban J connectivity index is 1.51. The molecule has 2 fully saturated rings. The van der Waals surface area contributed by atoms with Crippen molar-refractivity contribution in [3.63, 3.8) is 0 Å². The molecule has 0 aliphatic heterocycles. The van der Waals surface area contributed by atoms with Crippen LogP contribution in [0.2, 0.25) is 0 Å². The van der Waals surface area contributed by atoms with Crippen LogP contribution in [0, 0.1) is 17.8 Å². The zero-order valence-corrected chi connectivity index (χ0v) is 14.8. The summed E-state index contributed by atoms with van der Waals surface area (Å²) >= 11 is 0. The highest BCUT2D eigenvalue weighted by Gasteiger charge is 2.40. The van der Waals surface area contributed by atoms with Crippen molar-refractivity contribution in [1.29, 1.82) is 0 Å². The van der Waals surface area contributed by atoms with Crippen LogP contribution in [0.25, 0.3) is 0 Å². The minimum atomic E-state index is -0.373. The summed E-state index contributed by atoms with van der Waals surface area (Å²) in [5.41, 5.74) is 5.42. The maximum atomic E-state index is 12.2. The fourth-order valence-electron chi connectivity index (χ4n) is 4.20. The van der Waals surface area contributed by atoms with Crippen molar-refractivity contribution in [1.82, 2.24) is 10.9 Å². The Labute approximate surface area is 148 Å². The van der Waals surface area contributed by atoms with E-state index in [1.54, 1.807) is 18.2 Å². The van der Waals surface area contributed by atoms with Gasteiger partial charge >= 0.3 is 0 Å². The molecule has 0 heterocycles. The summed E-state index contributed by atoms with van der Waals surface area (Å²) in [5.74, 6) is 2.56. The average Bonchev–Trinajstić information content (AvgIpc) is 3.23. The van der Waals surface area contributed by atoms with E-state index in [0.29, 0.717) is 41.9 Å². The molecule has 6 nitrogen and oxygen atoms in total. The number of fused-ring (bicyclic) bond motifs is 2. The topological polar surface area (TPSA) is 76.7 Å². The second-order valence-electron chi connectivity index (χ2n) is 6.94. The first-order valence-electron chi connectivity index (χ1n) is 9.00. The van der Waals surface area contributed by atoms with Gasteiger partial charge in [0.05, 0.1) is 13.7 Å². The van der Waals surface area contributed by atoms with Crippen molar-refractivity contribution in [2.75, 3.05) is 13.7 Å². The second kappa shape index (κ2) is 7.76. The van der Waals surface area contributed by atoms with Crippen LogP contribution in [0.4, 0.5) is 0 Å². The van der Waals surface area contributed by atoms with E-state index in [2.05, 4.69) is 10.9 Å². The Kier molecular flexibility index (Phi) is 5.46. The lowest BCUT2D eigenvalue weighted by Crippen LogP contribution is -2.42. The fourth-order valence-corrected chi connectivity index (χ4v) is 4.20. The Morgan fingerprint density at radius 3 is 2.64 bits per heavy atom. The van der Waals surface area contributed by atoms with Gasteiger partial charge < -0.3 is 9.47 Å². The van der Waals surface area contributed by atoms with E-state index >= 15 is 0 Å². The second-order valence-corrected chi connectivity index (χ2v) is 6.94. The zero-order chi connectivity index (χ0) is 17.8. The van der Waals surface area contributed by atoms with Crippen LogP contribution in [0.5, 0.6) is 11.5 Å². The Morgan fingerprint density at radius 1 is 1.16 bits per heavy atom. The molecule has 2 N–H and O–H groups in total. The number of carbonyl (C=O) groups excluding carboxylic acids is 2. The maximum absolute atomic E-state index is 12.2. The monoisotopic (exact) mass is 346 g/mol. The van der Waals surface area contributed by atoms with E-state index in [0.717, 1.165) is 12.3 Å². The number of hydrogen-bond donors (Lipinski definition) is 2. The zero-order valence-electron chi connectivity index (χ0n) is 14.8. The number of carbonyl (C=O) groups is 2. The summed E-state index contributed by atoms with van der Waals surface area (Å²) in [5, 5.41) is 0. The summed E-state index contributed by atoms with van der Waals surface area (Å²) in [6.07, 6.45) is 5.49. The summed E-state index contributed by atoms with van der Waals surface area (Å²) in [6.45, 7) is 2.40. The van der Waals surface area contributed by atoms with Crippen LogP contribution in [0.3, 0.4) is 0 Å². The molecule has 2 aliphatic carbocycles. The molecule has 3 rings (SSSR count). The number of rotatable bonds is 6. The quantitative estimate of drug-likeness (QED) is 0.777. The molecule has 0 aromatic heterocycles. The Bertz CT molecular complexity index is 646. The van der Waals surface area contributed by atoms with Crippen molar-refractivity contribution < 1.29 is 19.1 Å². The van der Waals surface area contributed by atoms with Gasteiger partial charge in [-0.2, -0.15) is 0 Å². The highest BCUT2D eigenvalue weighted by Crippen LogP contribution is 2.49. The summed E-state index contributed by atoms with van der Waals surface area (Å²) in [7, 11) is 1.52. The minimum Gasteiger partial charge on any atom is -0.493 e. The summed E-state index contributed by atoms with van der Waals surface area (Å²) in [6, 6.07) is 4.93. The Morgan fingerprint density at radius 2 is 2.00 bits per heavy atom. The lowest BCUT2D eigenvalue weighted by molar-refractivity contribution is -0.123. The Hall–Kier alpha value is -2.24. The average molecular weight is 346 g/mol. The third-order valence-corrected chi connectivity index (χ3v) is 5.37. The lowest BCUT2D eigenvalue weighted by atomic mass is 9.86. The molecule has 136 valence electrons. The van der Waals surface area contributed by atoms with Crippen LogP contribution in [0.15, 0.2) is 18.2 Å². The predicted molar refractivity (Wildman–Crippen MR) is 93.3 cm³/mol. The molecule has 2 saturated carbocycles. The van der Waals surface area contributed by atoms with E-state index in [1.807, 2.05) is 6.92 Å². The van der Waals surface area contributed by atoms with Gasteiger partial charge in [0, 0.05) is 12.0 Å². The van der Waals surface area contributed by atoms with Gasteiger partial charge in [0.2, 0.25) is 5.91 Å². The van der Waals surface area contributed by atoms with Crippen LogP contribution >= 0.6 is 0 Å². The minimum absolute atomic E-state index is 0.121. The molecule has 3 atom stereocenters. The largest absolute Gasteiger partial charge is 0.493 e. The smallest absolute Gasteiger partial charge is 0.269 e. The van der Waals surface area contributed by atoms with E-state index in [9.17, 15) is 9.59 Å². The van der Waals surface area contributed by atoms with Gasteiger partial charge in [0.15, 0.2) is 11.5 Å². The number of hydrazine groups is 1. The van der Waals surface area contributed by atoms with Crippen molar-refractivity contribution in [3.8, 4) is 11.5 Å². The van der Waals surface area contributed by atoms with E-state index in [1.165, 1.54) is 26.4 Å². The van der Waals surface area contributed by atoms with E-state index in [-0.39, 0.29) is 11.8 Å². The third-order valence-electron chi connectivity index (χ3n) is 5.37. The molecule has 1 aromatic carbocycles. The first kappa shape index (κ1) is 17.6. The van der Waals surface area contributed by atoms with Gasteiger partial charge in [-0.15, -0.1) is 0 Å². The number of hydrogen-bond acceptors (Lipinski definition) is 4. The van der Waals surface area contributed by atoms with Crippen LogP contribution in [-0.4, -0.2) is 25.5 Å². The molecule has 2 bridgehead atoms. The normalized spacial score (nSPS) is 24.0. The fraction of sp³-hybridized carbons (Fsp3) is 0.579. The molecule has 25 heavy (non-hydrogen) atoms. The van der Waals surface area contributed by atoms with Crippen LogP contribution < -0.4 is 20.3 Å². The molecule has 6 heteroatoms. The van der Waals surface area contributed by atoms with Gasteiger partial charge in [-0.25, -0.2) is 0 Å². The van der Waals surface area contributed by atoms with Crippen molar-refractivity contribution in [3.05, 3.63) is 23.8 Å². The van der Waals surface area contributed by atoms with Crippen LogP contribution in [0.1, 0.15) is 49.4 Å². The highest BCUT2D eigenvalue weighted by molar-refractivity contribution is 5.96. The molecule has 2 amide bonds. The molecule has 0 spiro atoms. The van der Waals surface area contributed by atoms with E-state index in [4.69, 9.17) is 9.47 Å². The first-order chi connectivity index (χ1) is 12.1. The predicted octanol–water partition coefficient (Wildman–Crippen LogP) is 2.68. The standard InChI is InChI=1S/C19H26N2O4/c1-3-25-16-7-6-14(10-17(16)24-2)19(23)21-20-18(22)11-15-9-12-4-5-13(15)8-12/h6-7,10,12-13,15H,3-5,8-9,11H2,1-2H3,(H,20,22)(H,21,23)/t12-,13+,15+/m0/s1. The van der Waals surface area contributed by atoms with E-state index < -0.39 is 0 Å². The number of amides is 2.